The van der Waals surface area contributed by atoms with Gasteiger partial charge in [-0.05, 0) is 19.1 Å². The van der Waals surface area contributed by atoms with Gasteiger partial charge in [0.25, 0.3) is 0 Å². The number of hydrogen-bond donors (Lipinski definition) is 7. The SMILES string of the molecule is CCOC(=O)c1ccccc1OC1OC(CO)C(OC2OC(CO)C(O)C(O)C2O)C(O)C1O. The number of para-hydroxylation sites is 1. The van der Waals surface area contributed by atoms with E-state index < -0.39 is 80.6 Å². The number of benzene rings is 1. The van der Waals surface area contributed by atoms with Crippen LogP contribution in [0.1, 0.15) is 17.3 Å². The zero-order valence-electron chi connectivity index (χ0n) is 18.3. The van der Waals surface area contributed by atoms with Gasteiger partial charge in [0.2, 0.25) is 6.29 Å². The highest BCUT2D eigenvalue weighted by Crippen LogP contribution is 2.31. The van der Waals surface area contributed by atoms with E-state index in [1.165, 1.54) is 12.1 Å². The van der Waals surface area contributed by atoms with Crippen molar-refractivity contribution < 1.29 is 64.2 Å². The zero-order chi connectivity index (χ0) is 25.0. The van der Waals surface area contributed by atoms with Crippen LogP contribution >= 0.6 is 0 Å². The maximum absolute atomic E-state index is 12.2. The van der Waals surface area contributed by atoms with Crippen molar-refractivity contribution in [1.82, 2.24) is 0 Å². The smallest absolute Gasteiger partial charge is 0.341 e. The van der Waals surface area contributed by atoms with Crippen molar-refractivity contribution in [3.63, 3.8) is 0 Å². The van der Waals surface area contributed by atoms with Gasteiger partial charge in [-0.1, -0.05) is 12.1 Å². The van der Waals surface area contributed by atoms with Crippen LogP contribution < -0.4 is 4.74 Å². The Morgan fingerprint density at radius 1 is 0.853 bits per heavy atom. The number of carbonyl (C=O) groups excluding carboxylic acids is 1. The Balaban J connectivity index is 1.75. The Labute approximate surface area is 194 Å². The monoisotopic (exact) mass is 490 g/mol. The first-order chi connectivity index (χ1) is 16.2. The van der Waals surface area contributed by atoms with Crippen LogP contribution in [0, 0.1) is 0 Å². The second-order valence-corrected chi connectivity index (χ2v) is 7.84. The maximum Gasteiger partial charge on any atom is 0.341 e. The molecule has 2 fully saturated rings. The fraction of sp³-hybridized carbons (Fsp3) is 0.667. The Morgan fingerprint density at radius 2 is 1.47 bits per heavy atom. The second kappa shape index (κ2) is 11.7. The molecule has 3 rings (SSSR count). The molecule has 0 amide bonds. The average Bonchev–Trinajstić information content (AvgIpc) is 2.84. The van der Waals surface area contributed by atoms with Gasteiger partial charge in [0.05, 0.1) is 19.8 Å². The van der Waals surface area contributed by atoms with Crippen LogP contribution in [-0.4, -0.2) is 123 Å². The van der Waals surface area contributed by atoms with Gasteiger partial charge < -0.3 is 59.4 Å². The van der Waals surface area contributed by atoms with Gasteiger partial charge in [0.1, 0.15) is 60.1 Å². The maximum atomic E-state index is 12.2. The predicted octanol–water partition coefficient (Wildman–Crippen LogP) is -3.13. The molecule has 13 heteroatoms. The van der Waals surface area contributed by atoms with Crippen molar-refractivity contribution in [3.05, 3.63) is 29.8 Å². The summed E-state index contributed by atoms with van der Waals surface area (Å²) in [5.74, 6) is -0.673. The van der Waals surface area contributed by atoms with Crippen LogP contribution in [0.15, 0.2) is 24.3 Å². The summed E-state index contributed by atoms with van der Waals surface area (Å²) in [4.78, 5) is 12.2. The minimum Gasteiger partial charge on any atom is -0.462 e. The molecular formula is C21H30O13. The standard InChI is InChI=1S/C21H30O13/c1-2-30-19(29)9-5-3-4-6-10(9)31-20-17(28)15(26)18(12(8-23)33-20)34-21-16(27)14(25)13(24)11(7-22)32-21/h3-6,11-18,20-28H,2,7-8H2,1H3. The highest BCUT2D eigenvalue weighted by Gasteiger charge is 2.51. The van der Waals surface area contributed by atoms with Crippen molar-refractivity contribution in [2.45, 2.75) is 68.3 Å². The van der Waals surface area contributed by atoms with Crippen molar-refractivity contribution >= 4 is 5.97 Å². The molecule has 0 bridgehead atoms. The van der Waals surface area contributed by atoms with Crippen LogP contribution in [-0.2, 0) is 18.9 Å². The Morgan fingerprint density at radius 3 is 2.12 bits per heavy atom. The van der Waals surface area contributed by atoms with E-state index in [2.05, 4.69) is 0 Å². The van der Waals surface area contributed by atoms with Crippen LogP contribution in [0.4, 0.5) is 0 Å². The molecule has 10 atom stereocenters. The van der Waals surface area contributed by atoms with Crippen molar-refractivity contribution in [2.75, 3.05) is 19.8 Å². The minimum atomic E-state index is -1.77. The number of aliphatic hydroxyl groups excluding tert-OH is 7. The molecule has 10 unspecified atom stereocenters. The van der Waals surface area contributed by atoms with Crippen LogP contribution in [0.3, 0.4) is 0 Å². The largest absolute Gasteiger partial charge is 0.462 e. The molecule has 192 valence electrons. The summed E-state index contributed by atoms with van der Waals surface area (Å²) in [7, 11) is 0. The molecule has 2 aliphatic heterocycles. The lowest BCUT2D eigenvalue weighted by atomic mass is 9.97. The van der Waals surface area contributed by atoms with E-state index in [1.807, 2.05) is 0 Å². The summed E-state index contributed by atoms with van der Waals surface area (Å²) in [5, 5.41) is 70.4. The van der Waals surface area contributed by atoms with Gasteiger partial charge in [0, 0.05) is 0 Å². The summed E-state index contributed by atoms with van der Waals surface area (Å²) in [5.41, 5.74) is 0.0508. The second-order valence-electron chi connectivity index (χ2n) is 7.84. The summed E-state index contributed by atoms with van der Waals surface area (Å²) >= 11 is 0. The number of rotatable bonds is 8. The molecule has 2 aliphatic rings. The molecule has 13 nitrogen and oxygen atoms in total. The number of carbonyl (C=O) groups is 1. The van der Waals surface area contributed by atoms with Crippen molar-refractivity contribution in [1.29, 1.82) is 0 Å². The summed E-state index contributed by atoms with van der Waals surface area (Å²) < 4.78 is 26.9. The summed E-state index contributed by atoms with van der Waals surface area (Å²) in [6.07, 6.45) is -15.8. The number of hydrogen-bond acceptors (Lipinski definition) is 13. The van der Waals surface area contributed by atoms with E-state index in [9.17, 15) is 40.5 Å². The van der Waals surface area contributed by atoms with E-state index in [0.29, 0.717) is 0 Å². The summed E-state index contributed by atoms with van der Waals surface area (Å²) in [6.45, 7) is 0.340. The van der Waals surface area contributed by atoms with Crippen LogP contribution in [0.25, 0.3) is 0 Å². The van der Waals surface area contributed by atoms with E-state index in [-0.39, 0.29) is 17.9 Å². The van der Waals surface area contributed by atoms with Gasteiger partial charge in [-0.25, -0.2) is 4.79 Å². The van der Waals surface area contributed by atoms with Gasteiger partial charge in [-0.15, -0.1) is 0 Å². The third-order valence-corrected chi connectivity index (χ3v) is 5.59. The number of aliphatic hydroxyl groups is 7. The van der Waals surface area contributed by atoms with E-state index in [0.717, 1.165) is 0 Å². The Kier molecular flexibility index (Phi) is 9.17. The molecule has 0 aromatic heterocycles. The van der Waals surface area contributed by atoms with Crippen molar-refractivity contribution in [3.8, 4) is 5.75 Å². The van der Waals surface area contributed by atoms with Gasteiger partial charge in [-0.3, -0.25) is 0 Å². The fourth-order valence-corrected chi connectivity index (χ4v) is 3.72. The third kappa shape index (κ3) is 5.49. The first-order valence-corrected chi connectivity index (χ1v) is 10.7. The number of esters is 1. The molecular weight excluding hydrogens is 460 g/mol. The lowest BCUT2D eigenvalue weighted by molar-refractivity contribution is -0.352. The quantitative estimate of drug-likeness (QED) is 0.180. The molecule has 0 aliphatic carbocycles. The molecule has 1 aromatic carbocycles. The average molecular weight is 490 g/mol. The van der Waals surface area contributed by atoms with Crippen LogP contribution in [0.2, 0.25) is 0 Å². The molecule has 1 aromatic rings. The van der Waals surface area contributed by atoms with E-state index in [1.54, 1.807) is 19.1 Å². The lowest BCUT2D eigenvalue weighted by Gasteiger charge is -2.45. The molecule has 7 N–H and O–H groups in total. The molecule has 0 saturated carbocycles. The normalized spacial score (nSPS) is 38.4. The molecule has 34 heavy (non-hydrogen) atoms. The van der Waals surface area contributed by atoms with Gasteiger partial charge in [-0.2, -0.15) is 0 Å². The fourth-order valence-electron chi connectivity index (χ4n) is 3.72. The molecule has 0 radical (unpaired) electrons. The highest BCUT2D eigenvalue weighted by atomic mass is 16.7. The number of ether oxygens (including phenoxy) is 5. The lowest BCUT2D eigenvalue weighted by Crippen LogP contribution is -2.65. The first kappa shape index (κ1) is 26.7. The van der Waals surface area contributed by atoms with Gasteiger partial charge >= 0.3 is 5.97 Å². The Bertz CT molecular complexity index is 803. The van der Waals surface area contributed by atoms with Gasteiger partial charge in [0.15, 0.2) is 6.29 Å². The van der Waals surface area contributed by atoms with Crippen molar-refractivity contribution in [2.24, 2.45) is 0 Å². The minimum absolute atomic E-state index is 0.00203. The van der Waals surface area contributed by atoms with E-state index in [4.69, 9.17) is 23.7 Å². The molecule has 0 spiro atoms. The Hall–Kier alpha value is -1.91. The first-order valence-electron chi connectivity index (χ1n) is 10.7. The predicted molar refractivity (Wildman–Crippen MR) is 109 cm³/mol. The third-order valence-electron chi connectivity index (χ3n) is 5.59. The zero-order valence-corrected chi connectivity index (χ0v) is 18.3. The van der Waals surface area contributed by atoms with E-state index >= 15 is 0 Å². The molecule has 2 saturated heterocycles. The summed E-state index contributed by atoms with van der Waals surface area (Å²) in [6, 6.07) is 6.01. The van der Waals surface area contributed by atoms with Crippen LogP contribution in [0.5, 0.6) is 5.75 Å². The molecule has 2 heterocycles. The topological polar surface area (TPSA) is 205 Å². The highest BCUT2D eigenvalue weighted by molar-refractivity contribution is 5.92.